The van der Waals surface area contributed by atoms with Crippen LogP contribution in [0.25, 0.3) is 16.8 Å². The summed E-state index contributed by atoms with van der Waals surface area (Å²) in [5, 5.41) is 2.04. The van der Waals surface area contributed by atoms with Crippen molar-refractivity contribution in [2.24, 2.45) is 0 Å². The molecule has 0 saturated carbocycles. The molecule has 0 unspecified atom stereocenters. The maximum Gasteiger partial charge on any atom is 0.186 e. The first kappa shape index (κ1) is 7.51. The van der Waals surface area contributed by atoms with Crippen LogP contribution in [-0.2, 0) is 0 Å². The van der Waals surface area contributed by atoms with Gasteiger partial charge >= 0.3 is 0 Å². The summed E-state index contributed by atoms with van der Waals surface area (Å²) < 4.78 is 0. The summed E-state index contributed by atoms with van der Waals surface area (Å²) >= 11 is 0. The predicted octanol–water partition coefficient (Wildman–Crippen LogP) is 2.85. The van der Waals surface area contributed by atoms with Gasteiger partial charge in [0.25, 0.3) is 0 Å². The third kappa shape index (κ3) is 0.867. The van der Waals surface area contributed by atoms with Crippen LogP contribution in [0.1, 0.15) is 15.9 Å². The molecule has 0 saturated heterocycles. The van der Waals surface area contributed by atoms with E-state index in [1.54, 1.807) is 6.08 Å². The zero-order chi connectivity index (χ0) is 9.54. The molecule has 0 spiro atoms. The van der Waals surface area contributed by atoms with Crippen LogP contribution in [0.15, 0.2) is 36.4 Å². The van der Waals surface area contributed by atoms with E-state index in [1.807, 2.05) is 36.4 Å². The Kier molecular flexibility index (Phi) is 1.37. The number of allylic oxidation sites excluding steroid dienone is 1. The zero-order valence-corrected chi connectivity index (χ0v) is 7.45. The number of hydrogen-bond acceptors (Lipinski definition) is 1. The van der Waals surface area contributed by atoms with Crippen LogP contribution >= 0.6 is 0 Å². The van der Waals surface area contributed by atoms with Crippen molar-refractivity contribution in [2.75, 3.05) is 0 Å². The molecule has 2 aromatic rings. The summed E-state index contributed by atoms with van der Waals surface area (Å²) in [5.41, 5.74) is 1.89. The molecule has 0 N–H and O–H groups in total. The largest absolute Gasteiger partial charge is 0.289 e. The molecule has 65 valence electrons. The molecule has 1 heteroatoms. The van der Waals surface area contributed by atoms with Crippen LogP contribution in [0, 0.1) is 6.07 Å². The Bertz CT molecular complexity index is 559. The van der Waals surface area contributed by atoms with Gasteiger partial charge in [-0.15, -0.1) is 0 Å². The molecule has 1 aliphatic carbocycles. The van der Waals surface area contributed by atoms with Gasteiger partial charge in [-0.25, -0.2) is 0 Å². The average Bonchev–Trinajstić information content (AvgIpc) is 2.24. The molecule has 1 radical (unpaired) electrons. The fourth-order valence-corrected chi connectivity index (χ4v) is 1.89. The summed E-state index contributed by atoms with van der Waals surface area (Å²) in [6.45, 7) is 0. The lowest BCUT2D eigenvalue weighted by atomic mass is 9.92. The monoisotopic (exact) mass is 179 g/mol. The quantitative estimate of drug-likeness (QED) is 0.607. The van der Waals surface area contributed by atoms with E-state index in [4.69, 9.17) is 0 Å². The Balaban J connectivity index is 2.58. The summed E-state index contributed by atoms with van der Waals surface area (Å²) in [5.74, 6) is 0.0858. The molecule has 0 aliphatic heterocycles. The Morgan fingerprint density at radius 3 is 2.93 bits per heavy atom. The minimum atomic E-state index is 0.0858. The molecule has 0 aromatic heterocycles. The smallest absolute Gasteiger partial charge is 0.186 e. The van der Waals surface area contributed by atoms with Gasteiger partial charge in [-0.3, -0.25) is 4.79 Å². The molecule has 0 bridgehead atoms. The van der Waals surface area contributed by atoms with Crippen LogP contribution in [0.5, 0.6) is 0 Å². The van der Waals surface area contributed by atoms with Crippen LogP contribution in [0.3, 0.4) is 0 Å². The molecule has 0 atom stereocenters. The van der Waals surface area contributed by atoms with Crippen molar-refractivity contribution in [1.29, 1.82) is 0 Å². The lowest BCUT2D eigenvalue weighted by Crippen LogP contribution is -2.00. The van der Waals surface area contributed by atoms with Crippen LogP contribution in [0.4, 0.5) is 0 Å². The van der Waals surface area contributed by atoms with Gasteiger partial charge in [0.05, 0.1) is 0 Å². The molecule has 3 rings (SSSR count). The Labute approximate surface area is 81.7 Å². The van der Waals surface area contributed by atoms with Crippen molar-refractivity contribution in [3.05, 3.63) is 53.6 Å². The molecule has 0 amide bonds. The zero-order valence-electron chi connectivity index (χ0n) is 7.45. The van der Waals surface area contributed by atoms with Crippen LogP contribution in [-0.4, -0.2) is 5.78 Å². The normalized spacial score (nSPS) is 13.6. The van der Waals surface area contributed by atoms with E-state index in [-0.39, 0.29) is 5.78 Å². The number of carbonyl (C=O) groups is 1. The third-order valence-electron chi connectivity index (χ3n) is 2.53. The van der Waals surface area contributed by atoms with Crippen LogP contribution < -0.4 is 0 Å². The first-order chi connectivity index (χ1) is 6.86. The third-order valence-corrected chi connectivity index (χ3v) is 2.53. The van der Waals surface area contributed by atoms with Gasteiger partial charge in [0.2, 0.25) is 0 Å². The minimum absolute atomic E-state index is 0.0858. The minimum Gasteiger partial charge on any atom is -0.289 e. The van der Waals surface area contributed by atoms with E-state index in [0.29, 0.717) is 0 Å². The second kappa shape index (κ2) is 2.55. The summed E-state index contributed by atoms with van der Waals surface area (Å²) in [6.07, 6.45) is 3.49. The predicted molar refractivity (Wildman–Crippen MR) is 56.1 cm³/mol. The second-order valence-corrected chi connectivity index (χ2v) is 3.36. The van der Waals surface area contributed by atoms with E-state index in [0.717, 1.165) is 21.9 Å². The number of carbonyl (C=O) groups excluding carboxylic acids is 1. The van der Waals surface area contributed by atoms with Crippen molar-refractivity contribution in [3.63, 3.8) is 0 Å². The van der Waals surface area contributed by atoms with Crippen LogP contribution in [0.2, 0.25) is 0 Å². The van der Waals surface area contributed by atoms with Gasteiger partial charge in [-0.05, 0) is 23.1 Å². The topological polar surface area (TPSA) is 17.1 Å². The lowest BCUT2D eigenvalue weighted by molar-refractivity contribution is 0.104. The average molecular weight is 179 g/mol. The summed E-state index contributed by atoms with van der Waals surface area (Å²) in [7, 11) is 0. The van der Waals surface area contributed by atoms with E-state index in [9.17, 15) is 4.79 Å². The van der Waals surface area contributed by atoms with Gasteiger partial charge < -0.3 is 0 Å². The Hall–Kier alpha value is -1.89. The standard InChI is InChI=1S/C13H7O/c14-12-8-7-10-4-1-3-9-5-2-6-11(12)13(9)10/h1-2,4-8H. The fourth-order valence-electron chi connectivity index (χ4n) is 1.89. The van der Waals surface area contributed by atoms with E-state index in [1.165, 1.54) is 0 Å². The van der Waals surface area contributed by atoms with Gasteiger partial charge in [-0.1, -0.05) is 36.4 Å². The maximum absolute atomic E-state index is 11.6. The second-order valence-electron chi connectivity index (χ2n) is 3.36. The fraction of sp³-hybridized carbons (Fsp3) is 0. The highest BCUT2D eigenvalue weighted by atomic mass is 16.1. The van der Waals surface area contributed by atoms with Gasteiger partial charge in [0, 0.05) is 10.9 Å². The number of hydrogen-bond donors (Lipinski definition) is 0. The Morgan fingerprint density at radius 2 is 2.00 bits per heavy atom. The van der Waals surface area contributed by atoms with Crippen molar-refractivity contribution in [2.45, 2.75) is 0 Å². The van der Waals surface area contributed by atoms with Gasteiger partial charge in [0.15, 0.2) is 5.78 Å². The van der Waals surface area contributed by atoms with Crippen molar-refractivity contribution in [1.82, 2.24) is 0 Å². The molecule has 1 aliphatic rings. The van der Waals surface area contributed by atoms with Crippen molar-refractivity contribution >= 4 is 22.6 Å². The molecule has 0 heterocycles. The van der Waals surface area contributed by atoms with Crippen molar-refractivity contribution < 1.29 is 4.79 Å². The highest BCUT2D eigenvalue weighted by Gasteiger charge is 2.13. The van der Waals surface area contributed by atoms with E-state index in [2.05, 4.69) is 6.07 Å². The highest BCUT2D eigenvalue weighted by Crippen LogP contribution is 2.27. The van der Waals surface area contributed by atoms with Crippen molar-refractivity contribution in [3.8, 4) is 0 Å². The lowest BCUT2D eigenvalue weighted by Gasteiger charge is -2.10. The number of rotatable bonds is 0. The van der Waals surface area contributed by atoms with E-state index < -0.39 is 0 Å². The first-order valence-corrected chi connectivity index (χ1v) is 4.52. The molecule has 2 aromatic carbocycles. The molecule has 1 nitrogen and oxygen atoms in total. The molecule has 0 fully saturated rings. The maximum atomic E-state index is 11.6. The SMILES string of the molecule is O=C1C=Cc2cc[c]c3cccc1c23. The molecular formula is C13H7O. The summed E-state index contributed by atoms with van der Waals surface area (Å²) in [6, 6.07) is 12.8. The van der Waals surface area contributed by atoms with Gasteiger partial charge in [0.1, 0.15) is 0 Å². The highest BCUT2D eigenvalue weighted by molar-refractivity contribution is 6.19. The first-order valence-electron chi connectivity index (χ1n) is 4.52. The summed E-state index contributed by atoms with van der Waals surface area (Å²) in [4.78, 5) is 11.6. The Morgan fingerprint density at radius 1 is 1.07 bits per heavy atom. The van der Waals surface area contributed by atoms with Gasteiger partial charge in [-0.2, -0.15) is 0 Å². The van der Waals surface area contributed by atoms with E-state index >= 15 is 0 Å². The molecular weight excluding hydrogens is 172 g/mol. The number of benzene rings is 2. The number of ketones is 1. The molecule has 14 heavy (non-hydrogen) atoms.